The van der Waals surface area contributed by atoms with Crippen molar-refractivity contribution in [3.63, 3.8) is 0 Å². The molecule has 3 aromatic carbocycles. The van der Waals surface area contributed by atoms with Crippen LogP contribution in [0.15, 0.2) is 65.3 Å². The van der Waals surface area contributed by atoms with Crippen LogP contribution in [0.5, 0.6) is 0 Å². The van der Waals surface area contributed by atoms with Gasteiger partial charge in [-0.1, -0.05) is 40.2 Å². The molecule has 5 nitrogen and oxygen atoms in total. The predicted octanol–water partition coefficient (Wildman–Crippen LogP) is 6.71. The van der Waals surface area contributed by atoms with E-state index in [-0.39, 0.29) is 5.56 Å². The van der Waals surface area contributed by atoms with Crippen LogP contribution in [0.1, 0.15) is 31.1 Å². The van der Waals surface area contributed by atoms with Crippen LogP contribution in [-0.2, 0) is 4.74 Å². The highest BCUT2D eigenvalue weighted by Gasteiger charge is 2.22. The van der Waals surface area contributed by atoms with Crippen molar-refractivity contribution >= 4 is 49.7 Å². The van der Waals surface area contributed by atoms with Gasteiger partial charge in [0.25, 0.3) is 0 Å². The molecule has 0 spiro atoms. The molecule has 0 radical (unpaired) electrons. The van der Waals surface area contributed by atoms with Gasteiger partial charge in [0.05, 0.1) is 11.1 Å². The van der Waals surface area contributed by atoms with Crippen molar-refractivity contribution < 1.29 is 19.4 Å². The molecular formula is C24H20BrNO4. The number of carbonyl (C=O) groups excluding carboxylic acids is 1. The Hall–Kier alpha value is -3.12. The van der Waals surface area contributed by atoms with Crippen LogP contribution in [0, 0.1) is 0 Å². The second-order valence-corrected chi connectivity index (χ2v) is 9.02. The lowest BCUT2D eigenvalue weighted by Gasteiger charge is -2.19. The summed E-state index contributed by atoms with van der Waals surface area (Å²) < 4.78 is 7.89. The summed E-state index contributed by atoms with van der Waals surface area (Å²) >= 11 is 3.49. The van der Waals surface area contributed by atoms with Crippen molar-refractivity contribution in [1.29, 1.82) is 0 Å². The fourth-order valence-corrected chi connectivity index (χ4v) is 3.90. The summed E-state index contributed by atoms with van der Waals surface area (Å²) in [7, 11) is 0. The van der Waals surface area contributed by atoms with Crippen molar-refractivity contribution in [1.82, 2.24) is 4.57 Å². The molecule has 0 atom stereocenters. The van der Waals surface area contributed by atoms with Gasteiger partial charge < -0.3 is 9.84 Å². The SMILES string of the molecule is CC(C)(C)OC(=O)n1cc(-c2cc(C(=O)O)c3ccccc3c2)c2cc(Br)ccc21. The predicted molar refractivity (Wildman–Crippen MR) is 121 cm³/mol. The molecule has 0 aliphatic heterocycles. The highest BCUT2D eigenvalue weighted by Crippen LogP contribution is 2.36. The number of hydrogen-bond acceptors (Lipinski definition) is 3. The molecule has 0 saturated carbocycles. The third-order valence-electron chi connectivity index (χ3n) is 4.76. The van der Waals surface area contributed by atoms with Crippen LogP contribution < -0.4 is 0 Å². The summed E-state index contributed by atoms with van der Waals surface area (Å²) in [5.41, 5.74) is 1.74. The molecule has 152 valence electrons. The first-order chi connectivity index (χ1) is 14.1. The topological polar surface area (TPSA) is 68.5 Å². The van der Waals surface area contributed by atoms with Crippen LogP contribution in [0.4, 0.5) is 4.79 Å². The lowest BCUT2D eigenvalue weighted by Crippen LogP contribution is -2.26. The Morgan fingerprint density at radius 1 is 1.00 bits per heavy atom. The van der Waals surface area contributed by atoms with E-state index in [0.717, 1.165) is 26.4 Å². The molecule has 1 heterocycles. The summed E-state index contributed by atoms with van der Waals surface area (Å²) in [5, 5.41) is 12.1. The number of nitrogens with zero attached hydrogens (tertiary/aromatic N) is 1. The second kappa shape index (κ2) is 7.29. The van der Waals surface area contributed by atoms with Gasteiger partial charge in [0.1, 0.15) is 5.60 Å². The number of carboxylic acid groups (broad SMARTS) is 1. The van der Waals surface area contributed by atoms with E-state index in [1.165, 1.54) is 4.57 Å². The molecule has 0 bridgehead atoms. The molecule has 1 aromatic heterocycles. The van der Waals surface area contributed by atoms with E-state index in [9.17, 15) is 14.7 Å². The largest absolute Gasteiger partial charge is 0.478 e. The van der Waals surface area contributed by atoms with Gasteiger partial charge in [-0.2, -0.15) is 0 Å². The normalized spacial score (nSPS) is 11.7. The first kappa shape index (κ1) is 20.2. The van der Waals surface area contributed by atoms with Crippen LogP contribution in [0.3, 0.4) is 0 Å². The maximum absolute atomic E-state index is 12.8. The Morgan fingerprint density at radius 3 is 2.43 bits per heavy atom. The lowest BCUT2D eigenvalue weighted by atomic mass is 9.96. The fourth-order valence-electron chi connectivity index (χ4n) is 3.54. The standard InChI is InChI=1S/C24H20BrNO4/c1-24(2,3)30-23(29)26-13-20(18-12-16(25)8-9-21(18)26)15-10-14-6-4-5-7-17(14)19(11-15)22(27)28/h4-13H,1-3H3,(H,27,28). The Bertz CT molecular complexity index is 1310. The molecule has 0 saturated heterocycles. The minimum atomic E-state index is -0.995. The van der Waals surface area contributed by atoms with E-state index in [2.05, 4.69) is 15.9 Å². The first-order valence-corrected chi connectivity index (χ1v) is 10.2. The minimum absolute atomic E-state index is 0.219. The van der Waals surface area contributed by atoms with Gasteiger partial charge in [0.2, 0.25) is 0 Å². The number of aromatic carboxylic acids is 1. The third kappa shape index (κ3) is 3.71. The fraction of sp³-hybridized carbons (Fsp3) is 0.167. The second-order valence-electron chi connectivity index (χ2n) is 8.10. The zero-order valence-electron chi connectivity index (χ0n) is 16.8. The van der Waals surface area contributed by atoms with E-state index in [1.54, 1.807) is 18.3 Å². The lowest BCUT2D eigenvalue weighted by molar-refractivity contribution is 0.0544. The smallest absolute Gasteiger partial charge is 0.419 e. The Kier molecular flexibility index (Phi) is 4.90. The van der Waals surface area contributed by atoms with Crippen LogP contribution in [-0.4, -0.2) is 27.3 Å². The minimum Gasteiger partial charge on any atom is -0.478 e. The molecule has 0 aliphatic rings. The molecule has 0 unspecified atom stereocenters. The van der Waals surface area contributed by atoms with Gasteiger partial charge in [-0.3, -0.25) is 4.57 Å². The van der Waals surface area contributed by atoms with Gasteiger partial charge in [-0.05, 0) is 67.4 Å². The summed E-state index contributed by atoms with van der Waals surface area (Å²) in [4.78, 5) is 24.7. The van der Waals surface area contributed by atoms with E-state index >= 15 is 0 Å². The Balaban J connectivity index is 1.99. The molecular weight excluding hydrogens is 446 g/mol. The van der Waals surface area contributed by atoms with Gasteiger partial charge in [0.15, 0.2) is 0 Å². The summed E-state index contributed by atoms with van der Waals surface area (Å²) in [5.74, 6) is -0.995. The molecule has 30 heavy (non-hydrogen) atoms. The van der Waals surface area contributed by atoms with Crippen molar-refractivity contribution in [3.05, 3.63) is 70.8 Å². The zero-order valence-corrected chi connectivity index (χ0v) is 18.4. The monoisotopic (exact) mass is 465 g/mol. The number of aromatic nitrogens is 1. The summed E-state index contributed by atoms with van der Waals surface area (Å²) in [6.45, 7) is 5.45. The van der Waals surface area contributed by atoms with Crippen molar-refractivity contribution in [2.75, 3.05) is 0 Å². The number of rotatable bonds is 2. The third-order valence-corrected chi connectivity index (χ3v) is 5.25. The Labute approximate surface area is 182 Å². The number of ether oxygens (including phenoxy) is 1. The Morgan fingerprint density at radius 2 is 1.73 bits per heavy atom. The zero-order chi connectivity index (χ0) is 21.6. The van der Waals surface area contributed by atoms with E-state index in [1.807, 2.05) is 63.2 Å². The van der Waals surface area contributed by atoms with Crippen LogP contribution >= 0.6 is 15.9 Å². The highest BCUT2D eigenvalue weighted by atomic mass is 79.9. The quantitative estimate of drug-likeness (QED) is 0.357. The van der Waals surface area contributed by atoms with Gasteiger partial charge in [-0.25, -0.2) is 9.59 Å². The van der Waals surface area contributed by atoms with Gasteiger partial charge >= 0.3 is 12.1 Å². The number of benzene rings is 3. The molecule has 4 aromatic rings. The number of carbonyl (C=O) groups is 2. The summed E-state index contributed by atoms with van der Waals surface area (Å²) in [6.07, 6.45) is 1.22. The molecule has 0 amide bonds. The molecule has 6 heteroatoms. The molecule has 0 fully saturated rings. The average Bonchev–Trinajstić information content (AvgIpc) is 3.04. The van der Waals surface area contributed by atoms with Crippen molar-refractivity contribution in [2.45, 2.75) is 26.4 Å². The van der Waals surface area contributed by atoms with Crippen LogP contribution in [0.25, 0.3) is 32.8 Å². The maximum atomic E-state index is 12.8. The van der Waals surface area contributed by atoms with E-state index < -0.39 is 17.7 Å². The van der Waals surface area contributed by atoms with Crippen molar-refractivity contribution in [2.24, 2.45) is 0 Å². The molecule has 0 aliphatic carbocycles. The van der Waals surface area contributed by atoms with E-state index in [4.69, 9.17) is 4.74 Å². The average molecular weight is 466 g/mol. The van der Waals surface area contributed by atoms with Gasteiger partial charge in [-0.15, -0.1) is 0 Å². The number of halogens is 1. The maximum Gasteiger partial charge on any atom is 0.419 e. The molecule has 4 rings (SSSR count). The van der Waals surface area contributed by atoms with E-state index in [0.29, 0.717) is 10.9 Å². The van der Waals surface area contributed by atoms with Crippen LogP contribution in [0.2, 0.25) is 0 Å². The number of fused-ring (bicyclic) bond motifs is 2. The van der Waals surface area contributed by atoms with Crippen molar-refractivity contribution in [3.8, 4) is 11.1 Å². The van der Waals surface area contributed by atoms with Gasteiger partial charge in [0, 0.05) is 21.6 Å². The number of carboxylic acids is 1. The summed E-state index contributed by atoms with van der Waals surface area (Å²) in [6, 6.07) is 16.6. The number of hydrogen-bond donors (Lipinski definition) is 1. The first-order valence-electron chi connectivity index (χ1n) is 9.44. The highest BCUT2D eigenvalue weighted by molar-refractivity contribution is 9.10. The molecule has 1 N–H and O–H groups in total.